The van der Waals surface area contributed by atoms with Crippen molar-refractivity contribution < 1.29 is 5.11 Å². The van der Waals surface area contributed by atoms with Gasteiger partial charge in [-0.25, -0.2) is 4.98 Å². The molecular weight excluding hydrogens is 466 g/mol. The van der Waals surface area contributed by atoms with Crippen LogP contribution in [0.5, 0.6) is 5.75 Å². The quantitative estimate of drug-likeness (QED) is 0.200. The fourth-order valence-corrected chi connectivity index (χ4v) is 4.95. The summed E-state index contributed by atoms with van der Waals surface area (Å²) in [5.41, 5.74) is 6.64. The monoisotopic (exact) mass is 501 g/mol. The lowest BCUT2D eigenvalue weighted by Crippen LogP contribution is -2.24. The van der Waals surface area contributed by atoms with Crippen LogP contribution in [0.1, 0.15) is 36.6 Å². The minimum atomic E-state index is 0.332. The van der Waals surface area contributed by atoms with Crippen molar-refractivity contribution in [2.45, 2.75) is 45.9 Å². The first-order valence-corrected chi connectivity index (χ1v) is 13.5. The number of hydrogen-bond donors (Lipinski definition) is 1. The van der Waals surface area contributed by atoms with Gasteiger partial charge in [0.2, 0.25) is 0 Å². The number of nitrogens with zero attached hydrogens (tertiary/aromatic N) is 3. The van der Waals surface area contributed by atoms with E-state index in [2.05, 4.69) is 107 Å². The highest BCUT2D eigenvalue weighted by molar-refractivity contribution is 5.68. The van der Waals surface area contributed by atoms with Crippen LogP contribution in [0.25, 0.3) is 22.6 Å². The second-order valence-corrected chi connectivity index (χ2v) is 9.73. The molecule has 0 fully saturated rings. The Morgan fingerprint density at radius 1 is 0.684 bits per heavy atom. The Labute approximate surface area is 225 Å². The zero-order valence-electron chi connectivity index (χ0n) is 22.0. The van der Waals surface area contributed by atoms with Crippen LogP contribution in [-0.4, -0.2) is 19.6 Å². The Hall–Kier alpha value is -4.15. The van der Waals surface area contributed by atoms with Gasteiger partial charge in [-0.05, 0) is 18.1 Å². The van der Waals surface area contributed by atoms with Crippen LogP contribution in [0.2, 0.25) is 0 Å². The molecule has 0 saturated heterocycles. The minimum Gasteiger partial charge on any atom is -0.508 e. The number of unbranched alkanes of at least 4 members (excludes halogenated alkanes) is 1. The normalized spacial score (nSPS) is 11.2. The van der Waals surface area contributed by atoms with Crippen LogP contribution in [0.3, 0.4) is 0 Å². The van der Waals surface area contributed by atoms with E-state index < -0.39 is 0 Å². The summed E-state index contributed by atoms with van der Waals surface area (Å²) in [6, 6.07) is 39.2. The molecule has 0 aliphatic carbocycles. The lowest BCUT2D eigenvalue weighted by Gasteiger charge is -2.25. The summed E-state index contributed by atoms with van der Waals surface area (Å²) in [6.45, 7) is 5.25. The molecule has 0 saturated carbocycles. The number of hydrogen-bond acceptors (Lipinski definition) is 3. The van der Waals surface area contributed by atoms with Crippen LogP contribution in [0, 0.1) is 0 Å². The molecule has 0 atom stereocenters. The van der Waals surface area contributed by atoms with Crippen LogP contribution >= 0.6 is 0 Å². The summed E-state index contributed by atoms with van der Waals surface area (Å²) in [4.78, 5) is 7.68. The number of imidazole rings is 1. The first kappa shape index (κ1) is 25.5. The van der Waals surface area contributed by atoms with Gasteiger partial charge in [0.1, 0.15) is 11.6 Å². The van der Waals surface area contributed by atoms with Gasteiger partial charge in [-0.3, -0.25) is 4.90 Å². The van der Waals surface area contributed by atoms with Crippen LogP contribution in [0.15, 0.2) is 115 Å². The third-order valence-corrected chi connectivity index (χ3v) is 6.89. The number of aromatic nitrogens is 2. The Morgan fingerprint density at radius 3 is 1.95 bits per heavy atom. The zero-order chi connectivity index (χ0) is 26.2. The van der Waals surface area contributed by atoms with E-state index in [1.807, 2.05) is 18.2 Å². The second-order valence-electron chi connectivity index (χ2n) is 9.73. The molecule has 0 unspecified atom stereocenters. The number of phenolic OH excluding ortho intramolecular Hbond substituents is 1. The van der Waals surface area contributed by atoms with Gasteiger partial charge in [0, 0.05) is 42.9 Å². The van der Waals surface area contributed by atoms with Crippen molar-refractivity contribution in [2.24, 2.45) is 0 Å². The molecule has 0 aliphatic rings. The van der Waals surface area contributed by atoms with E-state index in [-0.39, 0.29) is 0 Å². The molecule has 0 aliphatic heterocycles. The van der Waals surface area contributed by atoms with Crippen molar-refractivity contribution >= 4 is 0 Å². The smallest absolute Gasteiger partial charge is 0.140 e. The van der Waals surface area contributed by atoms with E-state index in [1.165, 1.54) is 11.3 Å². The molecule has 38 heavy (non-hydrogen) atoms. The predicted octanol–water partition coefficient (Wildman–Crippen LogP) is 7.93. The molecular formula is C34H35N3O. The summed E-state index contributed by atoms with van der Waals surface area (Å²) in [5, 5.41) is 10.6. The summed E-state index contributed by atoms with van der Waals surface area (Å²) in [5.74, 6) is 1.34. The van der Waals surface area contributed by atoms with Gasteiger partial charge in [0.05, 0.1) is 11.4 Å². The molecule has 0 radical (unpaired) electrons. The largest absolute Gasteiger partial charge is 0.508 e. The van der Waals surface area contributed by atoms with Gasteiger partial charge >= 0.3 is 0 Å². The van der Waals surface area contributed by atoms with Gasteiger partial charge in [-0.15, -0.1) is 0 Å². The first-order chi connectivity index (χ1) is 18.7. The standard InChI is InChI=1S/C34H35N3O/c1-2-3-23-37-31(33(28-17-9-5-10-18-28)35-34(37)29-19-11-6-12-20-29)26-36(24-27-15-7-4-8-16-27)25-30-21-13-14-22-32(30)38/h4-22,38H,2-3,23-26H2,1H3. The molecule has 4 heteroatoms. The lowest BCUT2D eigenvalue weighted by molar-refractivity contribution is 0.238. The summed E-state index contributed by atoms with van der Waals surface area (Å²) >= 11 is 0. The van der Waals surface area contributed by atoms with Gasteiger partial charge in [0.25, 0.3) is 0 Å². The molecule has 1 heterocycles. The highest BCUT2D eigenvalue weighted by Crippen LogP contribution is 2.32. The first-order valence-electron chi connectivity index (χ1n) is 13.5. The summed E-state index contributed by atoms with van der Waals surface area (Å²) in [7, 11) is 0. The van der Waals surface area contributed by atoms with Gasteiger partial charge in [-0.1, -0.05) is 123 Å². The highest BCUT2D eigenvalue weighted by Gasteiger charge is 2.22. The molecule has 0 spiro atoms. The number of benzene rings is 4. The number of para-hydroxylation sites is 1. The Kier molecular flexibility index (Phi) is 8.32. The number of rotatable bonds is 11. The molecule has 1 aromatic heterocycles. The van der Waals surface area contributed by atoms with E-state index in [0.717, 1.165) is 54.1 Å². The molecule has 0 bridgehead atoms. The van der Waals surface area contributed by atoms with Crippen molar-refractivity contribution in [1.82, 2.24) is 14.5 Å². The maximum Gasteiger partial charge on any atom is 0.140 e. The molecule has 0 amide bonds. The third kappa shape index (κ3) is 6.04. The van der Waals surface area contributed by atoms with E-state index in [4.69, 9.17) is 4.98 Å². The highest BCUT2D eigenvalue weighted by atomic mass is 16.3. The minimum absolute atomic E-state index is 0.332. The third-order valence-electron chi connectivity index (χ3n) is 6.89. The topological polar surface area (TPSA) is 41.3 Å². The molecule has 1 N–H and O–H groups in total. The zero-order valence-corrected chi connectivity index (χ0v) is 22.0. The molecule has 192 valence electrons. The van der Waals surface area contributed by atoms with Crippen molar-refractivity contribution in [3.63, 3.8) is 0 Å². The maximum absolute atomic E-state index is 10.6. The number of phenols is 1. The number of aromatic hydroxyl groups is 1. The summed E-state index contributed by atoms with van der Waals surface area (Å²) in [6.07, 6.45) is 2.19. The van der Waals surface area contributed by atoms with Crippen molar-refractivity contribution in [3.8, 4) is 28.4 Å². The second kappa shape index (κ2) is 12.4. The predicted molar refractivity (Wildman–Crippen MR) is 156 cm³/mol. The fraction of sp³-hybridized carbons (Fsp3) is 0.206. The van der Waals surface area contributed by atoms with Crippen molar-refractivity contribution in [1.29, 1.82) is 0 Å². The van der Waals surface area contributed by atoms with E-state index in [0.29, 0.717) is 18.8 Å². The Balaban J connectivity index is 1.62. The van der Waals surface area contributed by atoms with E-state index in [1.54, 1.807) is 6.07 Å². The molecule has 4 nitrogen and oxygen atoms in total. The van der Waals surface area contributed by atoms with Crippen LogP contribution < -0.4 is 0 Å². The maximum atomic E-state index is 10.6. The fourth-order valence-electron chi connectivity index (χ4n) is 4.95. The SMILES string of the molecule is CCCCn1c(-c2ccccc2)nc(-c2ccccc2)c1CN(Cc1ccccc1)Cc1ccccc1O. The van der Waals surface area contributed by atoms with E-state index in [9.17, 15) is 5.11 Å². The molecule has 4 aromatic carbocycles. The molecule has 5 aromatic rings. The van der Waals surface area contributed by atoms with Gasteiger partial charge in [0.15, 0.2) is 0 Å². The van der Waals surface area contributed by atoms with Crippen molar-refractivity contribution in [2.75, 3.05) is 0 Å². The average molecular weight is 502 g/mol. The average Bonchev–Trinajstić information content (AvgIpc) is 3.32. The van der Waals surface area contributed by atoms with Gasteiger partial charge in [-0.2, -0.15) is 0 Å². The van der Waals surface area contributed by atoms with Crippen molar-refractivity contribution in [3.05, 3.63) is 132 Å². The Morgan fingerprint density at radius 2 is 1.29 bits per heavy atom. The van der Waals surface area contributed by atoms with E-state index >= 15 is 0 Å². The van der Waals surface area contributed by atoms with Gasteiger partial charge < -0.3 is 9.67 Å². The van der Waals surface area contributed by atoms with Crippen LogP contribution in [-0.2, 0) is 26.2 Å². The summed E-state index contributed by atoms with van der Waals surface area (Å²) < 4.78 is 2.42. The Bertz CT molecular complexity index is 1430. The van der Waals surface area contributed by atoms with Crippen LogP contribution in [0.4, 0.5) is 0 Å². The molecule has 5 rings (SSSR count). The lowest BCUT2D eigenvalue weighted by atomic mass is 10.1.